The summed E-state index contributed by atoms with van der Waals surface area (Å²) in [6, 6.07) is 0. The number of aliphatic imine (C=N–C) groups is 1. The van der Waals surface area contributed by atoms with Gasteiger partial charge in [0.25, 0.3) is 0 Å². The average molecular weight is 176 g/mol. The Hall–Kier alpha value is -0.750. The molecule has 0 saturated heterocycles. The van der Waals surface area contributed by atoms with Gasteiger partial charge in [0, 0.05) is 5.75 Å². The van der Waals surface area contributed by atoms with Gasteiger partial charge < -0.3 is 16.6 Å². The molecule has 0 radical (unpaired) electrons. The quantitative estimate of drug-likeness (QED) is 0.330. The fourth-order valence-electron chi connectivity index (χ4n) is 0.349. The van der Waals surface area contributed by atoms with Gasteiger partial charge in [0.2, 0.25) is 0 Å². The molecule has 0 bridgehead atoms. The molecule has 5 nitrogen and oxygen atoms in total. The van der Waals surface area contributed by atoms with Crippen LogP contribution in [0.5, 0.6) is 0 Å². The Morgan fingerprint density at radius 1 is 1.73 bits per heavy atom. The van der Waals surface area contributed by atoms with Gasteiger partial charge in [-0.3, -0.25) is 5.41 Å². The van der Waals surface area contributed by atoms with E-state index in [1.807, 2.05) is 0 Å². The molecule has 6 heteroatoms. The Morgan fingerprint density at radius 3 is 2.64 bits per heavy atom. The van der Waals surface area contributed by atoms with E-state index in [0.29, 0.717) is 5.75 Å². The van der Waals surface area contributed by atoms with Crippen LogP contribution in [-0.2, 0) is 0 Å². The number of hydrogen-bond acceptors (Lipinski definition) is 3. The van der Waals surface area contributed by atoms with Crippen molar-refractivity contribution in [2.24, 2.45) is 16.5 Å². The van der Waals surface area contributed by atoms with Crippen LogP contribution >= 0.6 is 11.8 Å². The Kier molecular flexibility index (Phi) is 4.64. The molecule has 1 atom stereocenters. The number of nitrogens with one attached hydrogen (secondary N) is 1. The van der Waals surface area contributed by atoms with Crippen molar-refractivity contribution in [3.63, 3.8) is 0 Å². The lowest BCUT2D eigenvalue weighted by Gasteiger charge is -2.00. The van der Waals surface area contributed by atoms with Crippen LogP contribution < -0.4 is 11.5 Å². The molecule has 0 aliphatic carbocycles. The highest BCUT2D eigenvalue weighted by Gasteiger charge is 1.99. The molecule has 1 unspecified atom stereocenters. The summed E-state index contributed by atoms with van der Waals surface area (Å²) in [4.78, 5) is 3.46. The van der Waals surface area contributed by atoms with Crippen molar-refractivity contribution in [1.29, 1.82) is 5.41 Å². The molecule has 0 rings (SSSR count). The first-order valence-corrected chi connectivity index (χ1v) is 4.00. The van der Waals surface area contributed by atoms with Crippen LogP contribution in [-0.4, -0.2) is 28.1 Å². The van der Waals surface area contributed by atoms with E-state index >= 15 is 0 Å². The lowest BCUT2D eigenvalue weighted by Crippen LogP contribution is -2.23. The van der Waals surface area contributed by atoms with Crippen LogP contribution in [0.1, 0.15) is 6.92 Å². The van der Waals surface area contributed by atoms with Crippen LogP contribution in [0, 0.1) is 5.41 Å². The first-order chi connectivity index (χ1) is 5.02. The topological polar surface area (TPSA) is 108 Å². The minimum Gasteiger partial charge on any atom is -0.393 e. The van der Waals surface area contributed by atoms with Crippen LogP contribution in [0.2, 0.25) is 0 Å². The molecular formula is C5H12N4OS. The predicted octanol–water partition coefficient (Wildman–Crippen LogP) is -0.691. The second kappa shape index (κ2) is 4.97. The monoisotopic (exact) mass is 176 g/mol. The number of hydrogen-bond donors (Lipinski definition) is 4. The molecule has 0 aromatic heterocycles. The fourth-order valence-corrected chi connectivity index (χ4v) is 0.918. The first-order valence-electron chi connectivity index (χ1n) is 3.01. The summed E-state index contributed by atoms with van der Waals surface area (Å²) in [7, 11) is 0. The van der Waals surface area contributed by atoms with Gasteiger partial charge in [-0.2, -0.15) is 4.99 Å². The molecule has 0 saturated carbocycles. The molecule has 0 aromatic carbocycles. The third-order valence-electron chi connectivity index (χ3n) is 0.692. The van der Waals surface area contributed by atoms with Crippen LogP contribution in [0.25, 0.3) is 0 Å². The molecule has 11 heavy (non-hydrogen) atoms. The normalized spacial score (nSPS) is 12.2. The highest BCUT2D eigenvalue weighted by Crippen LogP contribution is 2.04. The summed E-state index contributed by atoms with van der Waals surface area (Å²) >= 11 is 1.10. The lowest BCUT2D eigenvalue weighted by atomic mass is 10.5. The molecule has 0 aromatic rings. The summed E-state index contributed by atoms with van der Waals surface area (Å²) in [5, 5.41) is 15.9. The maximum Gasteiger partial charge on any atom is 0.193 e. The van der Waals surface area contributed by atoms with Crippen LogP contribution in [0.15, 0.2) is 4.99 Å². The molecule has 0 spiro atoms. The molecule has 0 amide bonds. The van der Waals surface area contributed by atoms with E-state index in [4.69, 9.17) is 22.0 Å². The fraction of sp³-hybridized carbons (Fsp3) is 0.600. The predicted molar refractivity (Wildman–Crippen MR) is 47.7 cm³/mol. The minimum atomic E-state index is -0.449. The van der Waals surface area contributed by atoms with Crippen LogP contribution in [0.3, 0.4) is 0 Å². The van der Waals surface area contributed by atoms with Gasteiger partial charge in [-0.05, 0) is 6.92 Å². The van der Waals surface area contributed by atoms with Gasteiger partial charge in [-0.25, -0.2) is 0 Å². The SMILES string of the molecule is CC(O)CSC(=N)N=C(N)N. The van der Waals surface area contributed by atoms with E-state index in [1.54, 1.807) is 6.92 Å². The van der Waals surface area contributed by atoms with Crippen molar-refractivity contribution in [1.82, 2.24) is 0 Å². The smallest absolute Gasteiger partial charge is 0.193 e. The molecule has 6 N–H and O–H groups in total. The summed E-state index contributed by atoms with van der Waals surface area (Å²) < 4.78 is 0. The molecule has 0 fully saturated rings. The standard InChI is InChI=1S/C5H12N4OS/c1-3(10)2-11-5(8)9-4(6)7/h3,10H,2H2,1H3,(H5,6,7,8,9). The van der Waals surface area contributed by atoms with Crippen molar-refractivity contribution in [2.75, 3.05) is 5.75 Å². The lowest BCUT2D eigenvalue weighted by molar-refractivity contribution is 0.220. The van der Waals surface area contributed by atoms with Gasteiger partial charge in [0.05, 0.1) is 6.10 Å². The Labute approximate surface area is 69.4 Å². The molecular weight excluding hydrogens is 164 g/mol. The minimum absolute atomic E-state index is 0.0194. The first kappa shape index (κ1) is 10.2. The van der Waals surface area contributed by atoms with Crippen molar-refractivity contribution < 1.29 is 5.11 Å². The average Bonchev–Trinajstić information content (AvgIpc) is 1.82. The molecule has 0 aliphatic heterocycles. The number of rotatable bonds is 2. The van der Waals surface area contributed by atoms with Crippen molar-refractivity contribution in [3.05, 3.63) is 0 Å². The maximum absolute atomic E-state index is 8.81. The third kappa shape index (κ3) is 7.14. The van der Waals surface area contributed by atoms with Gasteiger partial charge in [0.15, 0.2) is 11.1 Å². The van der Waals surface area contributed by atoms with E-state index in [2.05, 4.69) is 4.99 Å². The molecule has 0 heterocycles. The number of nitrogens with zero attached hydrogens (tertiary/aromatic N) is 1. The number of aliphatic hydroxyl groups excluding tert-OH is 1. The van der Waals surface area contributed by atoms with Crippen molar-refractivity contribution >= 4 is 22.9 Å². The highest BCUT2D eigenvalue weighted by atomic mass is 32.2. The summed E-state index contributed by atoms with van der Waals surface area (Å²) in [5.41, 5.74) is 10.0. The Balaban J connectivity index is 3.63. The summed E-state index contributed by atoms with van der Waals surface area (Å²) in [5.74, 6) is 0.295. The number of aliphatic hydroxyl groups is 1. The number of amidine groups is 1. The van der Waals surface area contributed by atoms with Gasteiger partial charge in [-0.15, -0.1) is 0 Å². The van der Waals surface area contributed by atoms with E-state index in [-0.39, 0.29) is 11.1 Å². The van der Waals surface area contributed by atoms with Crippen molar-refractivity contribution in [2.45, 2.75) is 13.0 Å². The Morgan fingerprint density at radius 2 is 2.27 bits per heavy atom. The van der Waals surface area contributed by atoms with Crippen molar-refractivity contribution in [3.8, 4) is 0 Å². The third-order valence-corrected chi connectivity index (χ3v) is 1.71. The zero-order valence-corrected chi connectivity index (χ0v) is 7.06. The number of thioether (sulfide) groups is 1. The van der Waals surface area contributed by atoms with E-state index in [0.717, 1.165) is 11.8 Å². The molecule has 0 aliphatic rings. The van der Waals surface area contributed by atoms with Gasteiger partial charge >= 0.3 is 0 Å². The van der Waals surface area contributed by atoms with E-state index in [1.165, 1.54) is 0 Å². The largest absolute Gasteiger partial charge is 0.393 e. The van der Waals surface area contributed by atoms with E-state index < -0.39 is 6.10 Å². The maximum atomic E-state index is 8.81. The summed E-state index contributed by atoms with van der Waals surface area (Å²) in [6.07, 6.45) is -0.449. The zero-order valence-electron chi connectivity index (χ0n) is 6.24. The zero-order chi connectivity index (χ0) is 8.85. The Bertz CT molecular complexity index is 164. The number of guanidine groups is 1. The van der Waals surface area contributed by atoms with Crippen LogP contribution in [0.4, 0.5) is 0 Å². The van der Waals surface area contributed by atoms with Gasteiger partial charge in [0.1, 0.15) is 0 Å². The second-order valence-electron chi connectivity index (χ2n) is 2.00. The second-order valence-corrected chi connectivity index (χ2v) is 3.01. The summed E-state index contributed by atoms with van der Waals surface area (Å²) in [6.45, 7) is 1.63. The number of nitrogens with two attached hydrogens (primary N) is 2. The molecule has 64 valence electrons. The van der Waals surface area contributed by atoms with E-state index in [9.17, 15) is 0 Å². The van der Waals surface area contributed by atoms with Gasteiger partial charge in [-0.1, -0.05) is 11.8 Å². The highest BCUT2D eigenvalue weighted by molar-refractivity contribution is 8.13.